The van der Waals surface area contributed by atoms with E-state index in [1.807, 2.05) is 27.9 Å². The fourth-order valence-electron chi connectivity index (χ4n) is 7.86. The summed E-state index contributed by atoms with van der Waals surface area (Å²) >= 11 is 0. The van der Waals surface area contributed by atoms with E-state index in [0.29, 0.717) is 47.5 Å². The number of para-hydroxylation sites is 1. The van der Waals surface area contributed by atoms with Crippen LogP contribution in [0.2, 0.25) is 0 Å². The normalized spacial score (nSPS) is 25.6. The van der Waals surface area contributed by atoms with Crippen LogP contribution >= 0.6 is 0 Å². The second-order valence-electron chi connectivity index (χ2n) is 14.1. The second-order valence-corrected chi connectivity index (χ2v) is 14.1. The highest BCUT2D eigenvalue weighted by atomic mass is 19.3. The quantitative estimate of drug-likeness (QED) is 0.214. The number of nitrogens with two attached hydrogens (primary N) is 1. The van der Waals surface area contributed by atoms with E-state index < -0.39 is 17.4 Å². The number of hydrogen-bond donors (Lipinski definition) is 3. The lowest BCUT2D eigenvalue weighted by atomic mass is 9.83. The van der Waals surface area contributed by atoms with E-state index in [1.54, 1.807) is 67.5 Å². The Morgan fingerprint density at radius 1 is 0.980 bits per heavy atom. The van der Waals surface area contributed by atoms with Crippen LogP contribution in [0.5, 0.6) is 5.75 Å². The number of hydrogen-bond acceptors (Lipinski definition) is 9. The number of aromatic nitrogens is 4. The van der Waals surface area contributed by atoms with Gasteiger partial charge in [-0.25, -0.2) is 8.78 Å². The summed E-state index contributed by atoms with van der Waals surface area (Å²) in [4.78, 5) is 28.2. The number of carbonyl (C=O) groups excluding carboxylic acids is 2. The number of nitrogens with one attached hydrogen (secondary N) is 1. The number of likely N-dealkylation sites (N-methyl/N-ethyl adjacent to an activating group) is 1. The Labute approximate surface area is 289 Å². The molecule has 2 atom stereocenters. The summed E-state index contributed by atoms with van der Waals surface area (Å²) in [6.07, 6.45) is 7.83. The summed E-state index contributed by atoms with van der Waals surface area (Å²) in [5.41, 5.74) is 9.00. The molecular weight excluding hydrogens is 642 g/mol. The first-order valence-electron chi connectivity index (χ1n) is 17.2. The number of benzene rings is 2. The Hall–Kier alpha value is -4.91. The van der Waals surface area contributed by atoms with E-state index >= 15 is 8.78 Å². The molecule has 1 aliphatic carbocycles. The van der Waals surface area contributed by atoms with Gasteiger partial charge in [0.25, 0.3) is 11.8 Å². The number of halogens is 2. The fourth-order valence-corrected chi connectivity index (χ4v) is 7.86. The number of rotatable bonds is 7. The van der Waals surface area contributed by atoms with E-state index in [1.165, 1.54) is 0 Å². The van der Waals surface area contributed by atoms with Gasteiger partial charge in [-0.3, -0.25) is 24.5 Å². The van der Waals surface area contributed by atoms with Gasteiger partial charge in [-0.15, -0.1) is 10.2 Å². The molecule has 0 spiro atoms. The molecule has 13 heteroatoms. The van der Waals surface area contributed by atoms with Gasteiger partial charge in [-0.2, -0.15) is 5.10 Å². The number of likely N-dealkylation sites (tertiary alicyclic amines) is 1. The summed E-state index contributed by atoms with van der Waals surface area (Å²) in [5, 5.41) is 25.6. The molecule has 262 valence electrons. The number of carbonyl (C=O) groups is 2. The summed E-state index contributed by atoms with van der Waals surface area (Å²) in [6.45, 7) is 2.06. The largest absolute Gasteiger partial charge is 0.507 e. The monoisotopic (exact) mass is 684 g/mol. The first-order chi connectivity index (χ1) is 23.9. The maximum absolute atomic E-state index is 15.9. The predicted molar refractivity (Wildman–Crippen MR) is 186 cm³/mol. The predicted octanol–water partition coefficient (Wildman–Crippen LogP) is 5.53. The number of aromatic hydroxyl groups is 1. The average Bonchev–Trinajstić information content (AvgIpc) is 3.60. The van der Waals surface area contributed by atoms with Crippen LogP contribution in [0.15, 0.2) is 67.0 Å². The number of nitrogen functional groups attached to an aromatic ring is 1. The molecule has 2 aliphatic heterocycles. The van der Waals surface area contributed by atoms with Crippen molar-refractivity contribution in [3.05, 3.63) is 72.6 Å². The Balaban J connectivity index is 0.982. The van der Waals surface area contributed by atoms with Gasteiger partial charge < -0.3 is 15.7 Å². The number of phenols is 1. The summed E-state index contributed by atoms with van der Waals surface area (Å²) in [5.74, 6) is -4.16. The third kappa shape index (κ3) is 6.30. The first kappa shape index (κ1) is 33.6. The molecule has 4 aromatic rings. The topological polar surface area (TPSA) is 142 Å². The molecular formula is C37H42F2N8O3. The highest BCUT2D eigenvalue weighted by Gasteiger charge is 2.48. The lowest BCUT2D eigenvalue weighted by molar-refractivity contribution is -0.137. The second kappa shape index (κ2) is 13.1. The zero-order valence-corrected chi connectivity index (χ0v) is 28.2. The highest BCUT2D eigenvalue weighted by Crippen LogP contribution is 2.44. The molecule has 3 aliphatic rings. The molecule has 11 nitrogen and oxygen atoms in total. The number of amides is 2. The molecule has 7 rings (SSSR count). The smallest absolute Gasteiger partial charge is 0.267 e. The van der Waals surface area contributed by atoms with E-state index in [0.717, 1.165) is 31.2 Å². The van der Waals surface area contributed by atoms with Crippen LogP contribution in [-0.4, -0.2) is 79.4 Å². The Morgan fingerprint density at radius 2 is 1.74 bits per heavy atom. The average molecular weight is 685 g/mol. The van der Waals surface area contributed by atoms with E-state index in [4.69, 9.17) is 5.73 Å². The van der Waals surface area contributed by atoms with Crippen molar-refractivity contribution in [2.24, 2.45) is 0 Å². The summed E-state index contributed by atoms with van der Waals surface area (Å²) in [6, 6.07) is 16.0. The number of phenolic OH excluding ortho intramolecular Hbond substituents is 1. The number of alkyl halides is 2. The van der Waals surface area contributed by atoms with Gasteiger partial charge in [0, 0.05) is 48.1 Å². The van der Waals surface area contributed by atoms with Crippen molar-refractivity contribution in [2.45, 2.75) is 81.3 Å². The molecule has 2 saturated heterocycles. The number of piperidine rings is 2. The highest BCUT2D eigenvalue weighted by molar-refractivity contribution is 6.04. The molecule has 4 N–H and O–H groups in total. The van der Waals surface area contributed by atoms with E-state index in [9.17, 15) is 14.7 Å². The maximum Gasteiger partial charge on any atom is 0.267 e. The standard InChI is InChI=1S/C37H42F2N8O3/c1-36(16-14-33(49)42-35(36)50)45(2)27-7-5-6-23(18-27)30-15-17-46(22-37(30,38)39)25-10-12-26(13-11-25)47-21-24(20-41-47)29-19-31(43-44-34(29)40)28-8-3-4-9-32(28)48/h3-9,18-21,25-26,30,48H,10-17,22H2,1-2H3,(H2,40,44)(H,42,49,50)/t25?,26?,30-,36-/m0/s1. The van der Waals surface area contributed by atoms with Crippen LogP contribution in [-0.2, 0) is 9.59 Å². The molecule has 50 heavy (non-hydrogen) atoms. The van der Waals surface area contributed by atoms with Gasteiger partial charge in [0.05, 0.1) is 30.4 Å². The molecule has 2 aromatic heterocycles. The van der Waals surface area contributed by atoms with Crippen LogP contribution in [0.4, 0.5) is 20.3 Å². The Bertz CT molecular complexity index is 1910. The van der Waals surface area contributed by atoms with E-state index in [2.05, 4.69) is 20.6 Å². The van der Waals surface area contributed by atoms with Crippen molar-refractivity contribution in [3.63, 3.8) is 0 Å². The van der Waals surface area contributed by atoms with Crippen molar-refractivity contribution in [3.8, 4) is 28.1 Å². The minimum atomic E-state index is -2.92. The Morgan fingerprint density at radius 3 is 2.48 bits per heavy atom. The molecule has 2 amide bonds. The van der Waals surface area contributed by atoms with Gasteiger partial charge in [0.1, 0.15) is 11.3 Å². The van der Waals surface area contributed by atoms with Crippen molar-refractivity contribution in [1.29, 1.82) is 0 Å². The minimum absolute atomic E-state index is 0.0687. The van der Waals surface area contributed by atoms with Gasteiger partial charge in [0.15, 0.2) is 5.82 Å². The molecule has 4 heterocycles. The lowest BCUT2D eigenvalue weighted by Crippen LogP contribution is -2.60. The number of nitrogens with zero attached hydrogens (tertiary/aromatic N) is 6. The first-order valence-corrected chi connectivity index (χ1v) is 17.2. The van der Waals surface area contributed by atoms with Crippen molar-refractivity contribution in [1.82, 2.24) is 30.2 Å². The molecule has 3 fully saturated rings. The van der Waals surface area contributed by atoms with Crippen molar-refractivity contribution < 1.29 is 23.5 Å². The van der Waals surface area contributed by atoms with Crippen LogP contribution in [0.3, 0.4) is 0 Å². The van der Waals surface area contributed by atoms with Gasteiger partial charge in [-0.1, -0.05) is 24.3 Å². The fraction of sp³-hybridized carbons (Fsp3) is 0.432. The van der Waals surface area contributed by atoms with Gasteiger partial charge in [-0.05, 0) is 87.9 Å². The Kier molecular flexibility index (Phi) is 8.79. The van der Waals surface area contributed by atoms with Crippen LogP contribution in [0, 0.1) is 0 Å². The van der Waals surface area contributed by atoms with Crippen LogP contribution in [0.25, 0.3) is 22.4 Å². The van der Waals surface area contributed by atoms with Crippen LogP contribution in [0.1, 0.15) is 69.4 Å². The van der Waals surface area contributed by atoms with Crippen molar-refractivity contribution in [2.75, 3.05) is 30.8 Å². The SMILES string of the molecule is CN(c1cccc([C@@H]2CCN(C3CCC(n4cc(-c5cc(-c6ccccc6O)nnc5N)cn4)CC3)CC2(F)F)c1)[C@@]1(C)CCC(=O)NC1=O. The van der Waals surface area contributed by atoms with Gasteiger partial charge >= 0.3 is 0 Å². The molecule has 0 radical (unpaired) electrons. The number of anilines is 2. The number of imide groups is 1. The lowest BCUT2D eigenvalue weighted by Gasteiger charge is -2.44. The molecule has 0 bridgehead atoms. The zero-order chi connectivity index (χ0) is 35.2. The van der Waals surface area contributed by atoms with Gasteiger partial charge in [0.2, 0.25) is 5.91 Å². The maximum atomic E-state index is 15.9. The summed E-state index contributed by atoms with van der Waals surface area (Å²) < 4.78 is 33.8. The van der Waals surface area contributed by atoms with Crippen molar-refractivity contribution >= 4 is 23.3 Å². The summed E-state index contributed by atoms with van der Waals surface area (Å²) in [7, 11) is 1.77. The van der Waals surface area contributed by atoms with Crippen LogP contribution < -0.4 is 16.0 Å². The minimum Gasteiger partial charge on any atom is -0.507 e. The molecule has 0 unspecified atom stereocenters. The molecule has 2 aromatic carbocycles. The third-order valence-corrected chi connectivity index (χ3v) is 11.1. The third-order valence-electron chi connectivity index (χ3n) is 11.1. The molecule has 1 saturated carbocycles. The van der Waals surface area contributed by atoms with E-state index in [-0.39, 0.29) is 48.4 Å². The zero-order valence-electron chi connectivity index (χ0n) is 28.2.